The van der Waals surface area contributed by atoms with Crippen molar-refractivity contribution in [3.05, 3.63) is 23.5 Å². The Morgan fingerprint density at radius 1 is 1.10 bits per heavy atom. The number of carbonyl (C=O) groups excluding carboxylic acids is 1. The van der Waals surface area contributed by atoms with Crippen LogP contribution in [0.25, 0.3) is 0 Å². The lowest BCUT2D eigenvalue weighted by Crippen LogP contribution is -2.49. The molecule has 0 bridgehead atoms. The molecule has 2 fully saturated rings. The molecule has 1 aliphatic heterocycles. The summed E-state index contributed by atoms with van der Waals surface area (Å²) < 4.78 is 52.2. The number of rotatable bonds is 5. The van der Waals surface area contributed by atoms with Crippen LogP contribution in [0.5, 0.6) is 0 Å². The normalized spacial score (nSPS) is 18.9. The second kappa shape index (κ2) is 9.58. The van der Waals surface area contributed by atoms with Crippen molar-refractivity contribution < 1.29 is 22.4 Å². The van der Waals surface area contributed by atoms with E-state index in [2.05, 4.69) is 0 Å². The van der Waals surface area contributed by atoms with Crippen LogP contribution in [0.1, 0.15) is 44.1 Å². The number of halogens is 4. The Morgan fingerprint density at radius 3 is 2.38 bits per heavy atom. The van der Waals surface area contributed by atoms with E-state index in [1.54, 1.807) is 6.92 Å². The molecule has 0 radical (unpaired) electrons. The van der Waals surface area contributed by atoms with E-state index < -0.39 is 17.7 Å². The largest absolute Gasteiger partial charge is 0.398 e. The van der Waals surface area contributed by atoms with Gasteiger partial charge < -0.3 is 9.80 Å². The molecule has 1 aliphatic carbocycles. The number of anilines is 1. The smallest absolute Gasteiger partial charge is 0.366 e. The zero-order chi connectivity index (χ0) is 21.0. The van der Waals surface area contributed by atoms with Gasteiger partial charge in [-0.3, -0.25) is 4.79 Å². The molecular formula is C21H28F4N2OS. The fraction of sp³-hybridized carbons (Fsp3) is 0.667. The molecule has 1 heterocycles. The summed E-state index contributed by atoms with van der Waals surface area (Å²) in [6.45, 7) is 3.63. The molecule has 3 nitrogen and oxygen atoms in total. The van der Waals surface area contributed by atoms with Crippen molar-refractivity contribution in [2.45, 2.75) is 56.5 Å². The van der Waals surface area contributed by atoms with Crippen LogP contribution in [-0.4, -0.2) is 48.9 Å². The Balaban J connectivity index is 1.59. The van der Waals surface area contributed by atoms with Crippen molar-refractivity contribution in [1.29, 1.82) is 0 Å². The summed E-state index contributed by atoms with van der Waals surface area (Å²) in [6.07, 6.45) is 2.24. The summed E-state index contributed by atoms with van der Waals surface area (Å²) in [7, 11) is 0. The first-order chi connectivity index (χ1) is 13.7. The fourth-order valence-corrected chi connectivity index (χ4v) is 4.96. The van der Waals surface area contributed by atoms with E-state index in [0.29, 0.717) is 66.4 Å². The predicted octanol–water partition coefficient (Wildman–Crippen LogP) is 5.41. The number of benzene rings is 1. The van der Waals surface area contributed by atoms with Gasteiger partial charge in [-0.2, -0.15) is 13.2 Å². The van der Waals surface area contributed by atoms with Crippen molar-refractivity contribution in [3.63, 3.8) is 0 Å². The molecule has 1 aromatic carbocycles. The van der Waals surface area contributed by atoms with Crippen LogP contribution in [-0.2, 0) is 4.79 Å². The van der Waals surface area contributed by atoms with Crippen LogP contribution >= 0.6 is 11.8 Å². The first-order valence-corrected chi connectivity index (χ1v) is 11.2. The minimum Gasteiger partial charge on any atom is -0.366 e. The van der Waals surface area contributed by atoms with E-state index in [9.17, 15) is 22.4 Å². The third-order valence-corrected chi connectivity index (χ3v) is 7.02. The van der Waals surface area contributed by atoms with E-state index in [-0.39, 0.29) is 5.91 Å². The maximum Gasteiger partial charge on any atom is 0.398 e. The fourth-order valence-electron chi connectivity index (χ4n) is 4.16. The summed E-state index contributed by atoms with van der Waals surface area (Å²) in [5.41, 5.74) is 0.821. The first-order valence-electron chi connectivity index (χ1n) is 10.3. The van der Waals surface area contributed by atoms with Crippen LogP contribution in [0, 0.1) is 18.7 Å². The maximum absolute atomic E-state index is 14.5. The van der Waals surface area contributed by atoms with Gasteiger partial charge in [-0.1, -0.05) is 19.3 Å². The van der Waals surface area contributed by atoms with Gasteiger partial charge in [0.25, 0.3) is 0 Å². The first kappa shape index (κ1) is 22.2. The van der Waals surface area contributed by atoms with Crippen molar-refractivity contribution >= 4 is 23.4 Å². The van der Waals surface area contributed by atoms with E-state index >= 15 is 0 Å². The van der Waals surface area contributed by atoms with E-state index in [1.807, 2.05) is 9.80 Å². The highest BCUT2D eigenvalue weighted by Gasteiger charge is 2.29. The molecule has 8 heteroatoms. The van der Waals surface area contributed by atoms with Crippen molar-refractivity contribution in [2.75, 3.05) is 36.8 Å². The molecule has 0 N–H and O–H groups in total. The molecule has 0 spiro atoms. The van der Waals surface area contributed by atoms with Crippen molar-refractivity contribution in [1.82, 2.24) is 4.90 Å². The number of hydrogen-bond donors (Lipinski definition) is 0. The Labute approximate surface area is 173 Å². The minimum atomic E-state index is -4.27. The SMILES string of the molecule is Cc1cc(F)c(N2CCN(C(=O)CC3CCCCC3)CC2)cc1SCC(F)(F)F. The van der Waals surface area contributed by atoms with Crippen molar-refractivity contribution in [2.24, 2.45) is 5.92 Å². The number of aryl methyl sites for hydroxylation is 1. The van der Waals surface area contributed by atoms with Crippen LogP contribution in [0.15, 0.2) is 17.0 Å². The lowest BCUT2D eigenvalue weighted by atomic mass is 9.86. The van der Waals surface area contributed by atoms with Crippen LogP contribution in [0.4, 0.5) is 23.2 Å². The van der Waals surface area contributed by atoms with Gasteiger partial charge in [0, 0.05) is 37.5 Å². The number of piperazine rings is 1. The van der Waals surface area contributed by atoms with Crippen molar-refractivity contribution in [3.8, 4) is 0 Å². The van der Waals surface area contributed by atoms with Gasteiger partial charge in [0.15, 0.2) is 0 Å². The molecule has 29 heavy (non-hydrogen) atoms. The highest BCUT2D eigenvalue weighted by molar-refractivity contribution is 7.99. The summed E-state index contributed by atoms with van der Waals surface area (Å²) >= 11 is 0.683. The average Bonchev–Trinajstić information content (AvgIpc) is 2.67. The van der Waals surface area contributed by atoms with Gasteiger partial charge in [-0.15, -0.1) is 11.8 Å². The lowest BCUT2D eigenvalue weighted by Gasteiger charge is -2.37. The summed E-state index contributed by atoms with van der Waals surface area (Å²) in [5.74, 6) is -0.775. The van der Waals surface area contributed by atoms with Crippen LogP contribution < -0.4 is 4.90 Å². The number of alkyl halides is 3. The molecule has 1 saturated heterocycles. The van der Waals surface area contributed by atoms with E-state index in [0.717, 1.165) is 12.8 Å². The quantitative estimate of drug-likeness (QED) is 0.459. The summed E-state index contributed by atoms with van der Waals surface area (Å²) in [4.78, 5) is 16.7. The zero-order valence-electron chi connectivity index (χ0n) is 16.7. The topological polar surface area (TPSA) is 23.6 Å². The predicted molar refractivity (Wildman–Crippen MR) is 108 cm³/mol. The maximum atomic E-state index is 14.5. The van der Waals surface area contributed by atoms with Crippen LogP contribution in [0.3, 0.4) is 0 Å². The molecule has 2 aliphatic rings. The molecule has 1 amide bonds. The zero-order valence-corrected chi connectivity index (χ0v) is 17.5. The number of thioether (sulfide) groups is 1. The molecule has 0 unspecified atom stereocenters. The molecule has 0 atom stereocenters. The summed E-state index contributed by atoms with van der Waals surface area (Å²) in [5, 5.41) is 0. The van der Waals surface area contributed by atoms with E-state index in [4.69, 9.17) is 0 Å². The van der Waals surface area contributed by atoms with Gasteiger partial charge in [0.05, 0.1) is 11.4 Å². The Kier molecular flexibility index (Phi) is 7.35. The van der Waals surface area contributed by atoms with Crippen LogP contribution in [0.2, 0.25) is 0 Å². The molecule has 162 valence electrons. The third-order valence-electron chi connectivity index (χ3n) is 5.80. The monoisotopic (exact) mass is 432 g/mol. The number of carbonyl (C=O) groups is 1. The Bertz CT molecular complexity index is 711. The average molecular weight is 433 g/mol. The number of nitrogens with zero attached hydrogens (tertiary/aromatic N) is 2. The number of hydrogen-bond acceptors (Lipinski definition) is 3. The van der Waals surface area contributed by atoms with E-state index in [1.165, 1.54) is 31.4 Å². The standard InChI is InChI=1S/C21H28F4N2OS/c1-15-11-17(22)18(13-19(15)29-14-21(23,24)25)26-7-9-27(10-8-26)20(28)12-16-5-3-2-4-6-16/h11,13,16H,2-10,12,14H2,1H3. The highest BCUT2D eigenvalue weighted by Crippen LogP contribution is 2.34. The molecule has 1 saturated carbocycles. The number of amides is 1. The third kappa shape index (κ3) is 6.27. The molecule has 1 aromatic rings. The molecule has 0 aromatic heterocycles. The second-order valence-corrected chi connectivity index (χ2v) is 9.07. The Hall–Kier alpha value is -1.44. The molecular weight excluding hydrogens is 404 g/mol. The van der Waals surface area contributed by atoms with Gasteiger partial charge >= 0.3 is 6.18 Å². The van der Waals surface area contributed by atoms with Gasteiger partial charge in [-0.25, -0.2) is 4.39 Å². The summed E-state index contributed by atoms with van der Waals surface area (Å²) in [6, 6.07) is 2.81. The highest BCUT2D eigenvalue weighted by atomic mass is 32.2. The molecule has 3 rings (SSSR count). The second-order valence-electron chi connectivity index (χ2n) is 8.05. The van der Waals surface area contributed by atoms with Gasteiger partial charge in [0.1, 0.15) is 5.82 Å². The lowest BCUT2D eigenvalue weighted by molar-refractivity contribution is -0.132. The van der Waals surface area contributed by atoms with Gasteiger partial charge in [0.2, 0.25) is 5.91 Å². The minimum absolute atomic E-state index is 0.169. The Morgan fingerprint density at radius 2 is 1.76 bits per heavy atom. The van der Waals surface area contributed by atoms with Gasteiger partial charge in [-0.05, 0) is 43.4 Å².